The maximum atomic E-state index is 5.14. The molecule has 106 valence electrons. The highest BCUT2D eigenvalue weighted by Gasteiger charge is 1.92. The molecule has 3 nitrogen and oxygen atoms in total. The molecule has 0 aliphatic carbocycles. The molecule has 1 aromatic carbocycles. The van der Waals surface area contributed by atoms with Crippen molar-refractivity contribution in [2.75, 3.05) is 33.9 Å². The second-order valence-electron chi connectivity index (χ2n) is 4.39. The Kier molecular flexibility index (Phi) is 8.77. The minimum absolute atomic E-state index is 0.779. The van der Waals surface area contributed by atoms with Crippen LogP contribution in [-0.4, -0.2) is 33.9 Å². The highest BCUT2D eigenvalue weighted by Crippen LogP contribution is 2.12. The van der Waals surface area contributed by atoms with E-state index in [1.807, 2.05) is 12.1 Å². The molecular weight excluding hydrogens is 238 g/mol. The Morgan fingerprint density at radius 3 is 2.42 bits per heavy atom. The smallest absolute Gasteiger partial charge is 0.118 e. The third-order valence-corrected chi connectivity index (χ3v) is 2.90. The largest absolute Gasteiger partial charge is 0.497 e. The SMILES string of the molecule is COCCNCCC=CCCc1ccc(OC)cc1. The summed E-state index contributed by atoms with van der Waals surface area (Å²) in [6, 6.07) is 8.27. The zero-order valence-electron chi connectivity index (χ0n) is 12.0. The van der Waals surface area contributed by atoms with E-state index in [-0.39, 0.29) is 0 Å². The third kappa shape index (κ3) is 7.65. The molecule has 0 unspecified atom stereocenters. The standard InChI is InChI=1S/C16H25NO2/c1-18-14-13-17-12-6-4-3-5-7-15-8-10-16(19-2)11-9-15/h3-4,8-11,17H,5-7,12-14H2,1-2H3. The van der Waals surface area contributed by atoms with Gasteiger partial charge in [-0.3, -0.25) is 0 Å². The molecule has 0 radical (unpaired) electrons. The normalized spacial score (nSPS) is 11.1. The van der Waals surface area contributed by atoms with Gasteiger partial charge in [0.15, 0.2) is 0 Å². The average Bonchev–Trinajstić information content (AvgIpc) is 2.46. The predicted octanol–water partition coefficient (Wildman–Crippen LogP) is 2.81. The van der Waals surface area contributed by atoms with Crippen molar-refractivity contribution in [1.82, 2.24) is 5.32 Å². The van der Waals surface area contributed by atoms with E-state index in [1.54, 1.807) is 14.2 Å². The van der Waals surface area contributed by atoms with Gasteiger partial charge in [-0.2, -0.15) is 0 Å². The fourth-order valence-corrected chi connectivity index (χ4v) is 1.76. The summed E-state index contributed by atoms with van der Waals surface area (Å²) < 4.78 is 10.1. The Bertz CT molecular complexity index is 346. The summed E-state index contributed by atoms with van der Waals surface area (Å²) in [6.07, 6.45) is 7.74. The van der Waals surface area contributed by atoms with E-state index < -0.39 is 0 Å². The number of methoxy groups -OCH3 is 2. The quantitative estimate of drug-likeness (QED) is 0.520. The van der Waals surface area contributed by atoms with Gasteiger partial charge in [0, 0.05) is 13.7 Å². The minimum Gasteiger partial charge on any atom is -0.497 e. The van der Waals surface area contributed by atoms with Crippen molar-refractivity contribution in [2.45, 2.75) is 19.3 Å². The maximum Gasteiger partial charge on any atom is 0.118 e. The molecule has 0 spiro atoms. The van der Waals surface area contributed by atoms with Gasteiger partial charge in [-0.05, 0) is 43.5 Å². The number of allylic oxidation sites excluding steroid dienone is 1. The lowest BCUT2D eigenvalue weighted by Gasteiger charge is -2.02. The Morgan fingerprint density at radius 2 is 1.74 bits per heavy atom. The second-order valence-corrected chi connectivity index (χ2v) is 4.39. The number of hydrogen-bond donors (Lipinski definition) is 1. The lowest BCUT2D eigenvalue weighted by Crippen LogP contribution is -2.19. The van der Waals surface area contributed by atoms with Crippen LogP contribution in [0.2, 0.25) is 0 Å². The molecule has 0 aliphatic rings. The predicted molar refractivity (Wildman–Crippen MR) is 79.8 cm³/mol. The van der Waals surface area contributed by atoms with Gasteiger partial charge in [-0.1, -0.05) is 24.3 Å². The third-order valence-electron chi connectivity index (χ3n) is 2.90. The molecule has 0 aliphatic heterocycles. The zero-order chi connectivity index (χ0) is 13.8. The van der Waals surface area contributed by atoms with Crippen molar-refractivity contribution in [3.05, 3.63) is 42.0 Å². The van der Waals surface area contributed by atoms with E-state index in [9.17, 15) is 0 Å². The molecule has 0 bridgehead atoms. The number of benzene rings is 1. The first-order valence-electron chi connectivity index (χ1n) is 6.84. The first-order valence-corrected chi connectivity index (χ1v) is 6.84. The highest BCUT2D eigenvalue weighted by atomic mass is 16.5. The number of rotatable bonds is 10. The van der Waals surface area contributed by atoms with Crippen LogP contribution < -0.4 is 10.1 Å². The lowest BCUT2D eigenvalue weighted by molar-refractivity contribution is 0.199. The van der Waals surface area contributed by atoms with Gasteiger partial charge < -0.3 is 14.8 Å². The Balaban J connectivity index is 2.05. The summed E-state index contributed by atoms with van der Waals surface area (Å²) in [5.74, 6) is 0.918. The van der Waals surface area contributed by atoms with Crippen LogP contribution in [0.3, 0.4) is 0 Å². The first kappa shape index (κ1) is 15.7. The van der Waals surface area contributed by atoms with E-state index in [1.165, 1.54) is 5.56 Å². The fraction of sp³-hybridized carbons (Fsp3) is 0.500. The van der Waals surface area contributed by atoms with Crippen molar-refractivity contribution in [3.63, 3.8) is 0 Å². The summed E-state index contributed by atoms with van der Waals surface area (Å²) in [7, 11) is 3.42. The van der Waals surface area contributed by atoms with Gasteiger partial charge in [0.2, 0.25) is 0 Å². The molecule has 0 atom stereocenters. The van der Waals surface area contributed by atoms with Crippen LogP contribution in [-0.2, 0) is 11.2 Å². The summed E-state index contributed by atoms with van der Waals surface area (Å²) in [6.45, 7) is 2.72. The number of aryl methyl sites for hydroxylation is 1. The van der Waals surface area contributed by atoms with Gasteiger partial charge in [0.25, 0.3) is 0 Å². The molecular formula is C16H25NO2. The van der Waals surface area contributed by atoms with E-state index in [0.717, 1.165) is 44.7 Å². The van der Waals surface area contributed by atoms with E-state index in [4.69, 9.17) is 9.47 Å². The first-order chi connectivity index (χ1) is 9.36. The number of ether oxygens (including phenoxy) is 2. The monoisotopic (exact) mass is 263 g/mol. The maximum absolute atomic E-state index is 5.14. The zero-order valence-corrected chi connectivity index (χ0v) is 12.0. The highest BCUT2D eigenvalue weighted by molar-refractivity contribution is 5.27. The molecule has 0 aromatic heterocycles. The molecule has 0 fully saturated rings. The van der Waals surface area contributed by atoms with Crippen molar-refractivity contribution >= 4 is 0 Å². The van der Waals surface area contributed by atoms with Gasteiger partial charge in [0.1, 0.15) is 5.75 Å². The van der Waals surface area contributed by atoms with Crippen LogP contribution in [0, 0.1) is 0 Å². The van der Waals surface area contributed by atoms with E-state index >= 15 is 0 Å². The molecule has 0 saturated carbocycles. The molecule has 0 saturated heterocycles. The Labute approximate surface area is 116 Å². The fourth-order valence-electron chi connectivity index (χ4n) is 1.76. The topological polar surface area (TPSA) is 30.5 Å². The molecule has 0 amide bonds. The average molecular weight is 263 g/mol. The number of hydrogen-bond acceptors (Lipinski definition) is 3. The van der Waals surface area contributed by atoms with Crippen molar-refractivity contribution < 1.29 is 9.47 Å². The summed E-state index contributed by atoms with van der Waals surface area (Å²) in [4.78, 5) is 0. The number of nitrogens with one attached hydrogen (secondary N) is 1. The van der Waals surface area contributed by atoms with Gasteiger partial charge >= 0.3 is 0 Å². The van der Waals surface area contributed by atoms with Crippen LogP contribution in [0.25, 0.3) is 0 Å². The summed E-state index contributed by atoms with van der Waals surface area (Å²) in [5.41, 5.74) is 1.35. The van der Waals surface area contributed by atoms with Crippen molar-refractivity contribution in [2.24, 2.45) is 0 Å². The van der Waals surface area contributed by atoms with Crippen LogP contribution in [0.1, 0.15) is 18.4 Å². The molecule has 1 rings (SSSR count). The molecule has 1 aromatic rings. The Hall–Kier alpha value is -1.32. The molecule has 3 heteroatoms. The molecule has 19 heavy (non-hydrogen) atoms. The van der Waals surface area contributed by atoms with E-state index in [2.05, 4.69) is 29.6 Å². The van der Waals surface area contributed by atoms with E-state index in [0.29, 0.717) is 0 Å². The van der Waals surface area contributed by atoms with Gasteiger partial charge in [-0.25, -0.2) is 0 Å². The van der Waals surface area contributed by atoms with Crippen molar-refractivity contribution in [3.8, 4) is 5.75 Å². The minimum atomic E-state index is 0.779. The van der Waals surface area contributed by atoms with Crippen molar-refractivity contribution in [1.29, 1.82) is 0 Å². The van der Waals surface area contributed by atoms with Crippen LogP contribution >= 0.6 is 0 Å². The Morgan fingerprint density at radius 1 is 1.00 bits per heavy atom. The van der Waals surface area contributed by atoms with Crippen LogP contribution in [0.15, 0.2) is 36.4 Å². The summed E-state index contributed by atoms with van der Waals surface area (Å²) >= 11 is 0. The van der Waals surface area contributed by atoms with Crippen LogP contribution in [0.4, 0.5) is 0 Å². The summed E-state index contributed by atoms with van der Waals surface area (Å²) in [5, 5.41) is 3.32. The second kappa shape index (κ2) is 10.6. The van der Waals surface area contributed by atoms with Gasteiger partial charge in [-0.15, -0.1) is 0 Å². The molecule has 0 heterocycles. The lowest BCUT2D eigenvalue weighted by atomic mass is 10.1. The van der Waals surface area contributed by atoms with Gasteiger partial charge in [0.05, 0.1) is 13.7 Å². The van der Waals surface area contributed by atoms with Crippen LogP contribution in [0.5, 0.6) is 5.75 Å². The molecule has 1 N–H and O–H groups in total.